The molecule has 4 aromatic rings. The molecule has 36 heavy (non-hydrogen) atoms. The smallest absolute Gasteiger partial charge is 0.490 e. The zero-order chi connectivity index (χ0) is 25.7. The molecule has 13 heteroatoms. The second kappa shape index (κ2) is 11.0. The molecule has 9 nitrogen and oxygen atoms in total. The second-order valence-electron chi connectivity index (χ2n) is 7.77. The number of morpholine rings is 1. The van der Waals surface area contributed by atoms with Crippen molar-refractivity contribution in [3.8, 4) is 16.9 Å². The van der Waals surface area contributed by atoms with Gasteiger partial charge in [-0.2, -0.15) is 13.2 Å². The zero-order valence-corrected chi connectivity index (χ0v) is 19.9. The molecule has 1 unspecified atom stereocenters. The summed E-state index contributed by atoms with van der Waals surface area (Å²) in [6.45, 7) is 3.21. The Hall–Kier alpha value is -3.55. The van der Waals surface area contributed by atoms with E-state index < -0.39 is 12.1 Å². The van der Waals surface area contributed by atoms with E-state index in [1.165, 1.54) is 0 Å². The molecule has 0 radical (unpaired) electrons. The van der Waals surface area contributed by atoms with E-state index in [9.17, 15) is 13.2 Å². The van der Waals surface area contributed by atoms with Crippen molar-refractivity contribution in [2.45, 2.75) is 18.8 Å². The van der Waals surface area contributed by atoms with E-state index in [2.05, 4.69) is 32.3 Å². The third-order valence-corrected chi connectivity index (χ3v) is 6.17. The standard InChI is InChI=1S/C21H21N5O2S.C2HF3O2/c1-27-17-5-2-15(3-6-17)16-4-7-18-21(23-24-26(18)12-16)19-13-25(9-10-28-19)14-20-22-8-11-29-20;3-2(4,5)1(6)7/h2-8,11-12,19H,9-10,13-14H2,1H3;(H,6,7). The molecule has 4 heterocycles. The lowest BCUT2D eigenvalue weighted by Crippen LogP contribution is -2.38. The van der Waals surface area contributed by atoms with E-state index in [0.717, 1.165) is 52.7 Å². The zero-order valence-electron chi connectivity index (χ0n) is 19.1. The van der Waals surface area contributed by atoms with Gasteiger partial charge in [0.1, 0.15) is 22.6 Å². The monoisotopic (exact) mass is 521 g/mol. The van der Waals surface area contributed by atoms with Crippen LogP contribution in [0.5, 0.6) is 5.75 Å². The van der Waals surface area contributed by atoms with Crippen molar-refractivity contribution in [3.05, 3.63) is 64.9 Å². The highest BCUT2D eigenvalue weighted by molar-refractivity contribution is 7.09. The minimum absolute atomic E-state index is 0.0898. The average molecular weight is 522 g/mol. The van der Waals surface area contributed by atoms with Gasteiger partial charge in [0.05, 0.1) is 25.8 Å². The predicted octanol–water partition coefficient (Wildman–Crippen LogP) is 4.07. The highest BCUT2D eigenvalue weighted by atomic mass is 32.1. The van der Waals surface area contributed by atoms with E-state index >= 15 is 0 Å². The molecule has 0 amide bonds. The Labute approximate surface area is 207 Å². The number of aliphatic carboxylic acids is 1. The maximum absolute atomic E-state index is 10.6. The Kier molecular flexibility index (Phi) is 7.82. The van der Waals surface area contributed by atoms with Crippen LogP contribution >= 0.6 is 11.3 Å². The highest BCUT2D eigenvalue weighted by Gasteiger charge is 2.38. The molecule has 1 atom stereocenters. The number of aromatic nitrogens is 4. The summed E-state index contributed by atoms with van der Waals surface area (Å²) < 4.78 is 44.8. The van der Waals surface area contributed by atoms with Crippen LogP contribution in [-0.4, -0.2) is 68.8 Å². The van der Waals surface area contributed by atoms with Gasteiger partial charge >= 0.3 is 12.1 Å². The number of benzene rings is 1. The van der Waals surface area contributed by atoms with Crippen molar-refractivity contribution in [1.82, 2.24) is 24.7 Å². The van der Waals surface area contributed by atoms with E-state index in [1.807, 2.05) is 46.6 Å². The lowest BCUT2D eigenvalue weighted by Gasteiger charge is -2.31. The number of hydrogen-bond acceptors (Lipinski definition) is 8. The van der Waals surface area contributed by atoms with Gasteiger partial charge in [0.2, 0.25) is 0 Å². The summed E-state index contributed by atoms with van der Waals surface area (Å²) in [6.07, 6.45) is -1.32. The highest BCUT2D eigenvalue weighted by Crippen LogP contribution is 2.28. The Bertz CT molecular complexity index is 1300. The summed E-state index contributed by atoms with van der Waals surface area (Å²) in [5.41, 5.74) is 4.04. The van der Waals surface area contributed by atoms with Crippen LogP contribution in [-0.2, 0) is 16.1 Å². The predicted molar refractivity (Wildman–Crippen MR) is 125 cm³/mol. The molecular weight excluding hydrogens is 499 g/mol. The number of thiazole rings is 1. The van der Waals surface area contributed by atoms with Crippen LogP contribution in [0.2, 0.25) is 0 Å². The lowest BCUT2D eigenvalue weighted by molar-refractivity contribution is -0.192. The molecule has 0 saturated carbocycles. The Morgan fingerprint density at radius 3 is 2.58 bits per heavy atom. The molecule has 1 N–H and O–H groups in total. The van der Waals surface area contributed by atoms with Crippen molar-refractivity contribution >= 4 is 22.8 Å². The van der Waals surface area contributed by atoms with Gasteiger partial charge in [-0.05, 0) is 23.8 Å². The fourth-order valence-electron chi connectivity index (χ4n) is 3.63. The fraction of sp³-hybridized carbons (Fsp3) is 0.304. The summed E-state index contributed by atoms with van der Waals surface area (Å²) in [6, 6.07) is 12.2. The number of halogens is 3. The first-order chi connectivity index (χ1) is 17.2. The van der Waals surface area contributed by atoms with Crippen molar-refractivity contribution in [2.24, 2.45) is 0 Å². The molecule has 190 valence electrons. The Morgan fingerprint density at radius 2 is 1.94 bits per heavy atom. The summed E-state index contributed by atoms with van der Waals surface area (Å²) >= 11 is 1.69. The summed E-state index contributed by atoms with van der Waals surface area (Å²) in [4.78, 5) is 15.7. The third-order valence-electron chi connectivity index (χ3n) is 5.40. The van der Waals surface area contributed by atoms with E-state index in [1.54, 1.807) is 18.4 Å². The minimum atomic E-state index is -5.08. The Morgan fingerprint density at radius 1 is 1.22 bits per heavy atom. The van der Waals surface area contributed by atoms with E-state index in [0.29, 0.717) is 6.61 Å². The molecule has 3 aromatic heterocycles. The van der Waals surface area contributed by atoms with Gasteiger partial charge in [0.25, 0.3) is 0 Å². The third kappa shape index (κ3) is 6.17. The molecule has 1 fully saturated rings. The van der Waals surface area contributed by atoms with Gasteiger partial charge in [-0.15, -0.1) is 16.4 Å². The van der Waals surface area contributed by atoms with E-state index in [-0.39, 0.29) is 6.10 Å². The molecule has 1 aliphatic rings. The number of carboxylic acids is 1. The van der Waals surface area contributed by atoms with Crippen LogP contribution in [0.25, 0.3) is 16.6 Å². The van der Waals surface area contributed by atoms with Crippen LogP contribution in [0.15, 0.2) is 54.2 Å². The number of fused-ring (bicyclic) bond motifs is 1. The number of alkyl halides is 3. The van der Waals surface area contributed by atoms with Crippen molar-refractivity contribution in [2.75, 3.05) is 26.8 Å². The van der Waals surface area contributed by atoms with Gasteiger partial charge in [0, 0.05) is 36.4 Å². The molecule has 1 aliphatic heterocycles. The van der Waals surface area contributed by atoms with Gasteiger partial charge in [-0.1, -0.05) is 23.4 Å². The normalized spacial score (nSPS) is 16.4. The maximum atomic E-state index is 10.6. The topological polar surface area (TPSA) is 102 Å². The number of hydrogen-bond donors (Lipinski definition) is 1. The molecule has 0 aliphatic carbocycles. The second-order valence-corrected chi connectivity index (χ2v) is 8.75. The van der Waals surface area contributed by atoms with Gasteiger partial charge in [-0.25, -0.2) is 14.3 Å². The molecule has 5 rings (SSSR count). The SMILES string of the molecule is COc1ccc(-c2ccc3c(C4CN(Cc5nccs5)CCO4)nnn3c2)cc1.O=C(O)C(F)(F)F. The van der Waals surface area contributed by atoms with Gasteiger partial charge < -0.3 is 14.6 Å². The molecule has 1 saturated heterocycles. The average Bonchev–Trinajstić information content (AvgIpc) is 3.53. The van der Waals surface area contributed by atoms with Crippen molar-refractivity contribution < 1.29 is 32.5 Å². The van der Waals surface area contributed by atoms with Crippen LogP contribution < -0.4 is 4.74 Å². The maximum Gasteiger partial charge on any atom is 0.490 e. The van der Waals surface area contributed by atoms with E-state index in [4.69, 9.17) is 19.4 Å². The van der Waals surface area contributed by atoms with Crippen LogP contribution in [0, 0.1) is 0 Å². The Balaban J connectivity index is 0.000000384. The van der Waals surface area contributed by atoms with Crippen molar-refractivity contribution in [1.29, 1.82) is 0 Å². The number of nitrogens with zero attached hydrogens (tertiary/aromatic N) is 5. The number of ether oxygens (including phenoxy) is 2. The molecule has 0 bridgehead atoms. The minimum Gasteiger partial charge on any atom is -0.497 e. The first kappa shape index (κ1) is 25.5. The lowest BCUT2D eigenvalue weighted by atomic mass is 10.1. The molecule has 1 aromatic carbocycles. The van der Waals surface area contributed by atoms with Crippen LogP contribution in [0.3, 0.4) is 0 Å². The quantitative estimate of drug-likeness (QED) is 0.420. The summed E-state index contributed by atoms with van der Waals surface area (Å²) in [5.74, 6) is -1.91. The number of methoxy groups -OCH3 is 1. The number of carbonyl (C=O) groups is 1. The first-order valence-corrected chi connectivity index (χ1v) is 11.6. The largest absolute Gasteiger partial charge is 0.497 e. The van der Waals surface area contributed by atoms with Crippen molar-refractivity contribution in [3.63, 3.8) is 0 Å². The number of carboxylic acid groups (broad SMARTS) is 1. The summed E-state index contributed by atoms with van der Waals surface area (Å²) in [5, 5.41) is 19.1. The molecule has 0 spiro atoms. The summed E-state index contributed by atoms with van der Waals surface area (Å²) in [7, 11) is 1.67. The van der Waals surface area contributed by atoms with Gasteiger partial charge in [0.15, 0.2) is 0 Å². The first-order valence-electron chi connectivity index (χ1n) is 10.8. The number of pyridine rings is 1. The molecular formula is C23H22F3N5O4S. The van der Waals surface area contributed by atoms with Gasteiger partial charge in [-0.3, -0.25) is 4.90 Å². The van der Waals surface area contributed by atoms with Crippen LogP contribution in [0.4, 0.5) is 13.2 Å². The fourth-order valence-corrected chi connectivity index (χ4v) is 4.29. The number of rotatable bonds is 5. The van der Waals surface area contributed by atoms with Crippen LogP contribution in [0.1, 0.15) is 16.8 Å².